The Kier molecular flexibility index (Phi) is 5.10. The van der Waals surface area contributed by atoms with Gasteiger partial charge in [0.15, 0.2) is 0 Å². The van der Waals surface area contributed by atoms with Crippen LogP contribution in [0.15, 0.2) is 41.5 Å². The summed E-state index contributed by atoms with van der Waals surface area (Å²) in [5.74, 6) is 0.858. The number of aryl methyl sites for hydroxylation is 1. The molecule has 3 aliphatic rings. The zero-order valence-corrected chi connectivity index (χ0v) is 15.9. The second kappa shape index (κ2) is 7.50. The van der Waals surface area contributed by atoms with Gasteiger partial charge in [0.2, 0.25) is 0 Å². The van der Waals surface area contributed by atoms with Crippen molar-refractivity contribution >= 4 is 12.3 Å². The van der Waals surface area contributed by atoms with Crippen LogP contribution in [0.5, 0.6) is 0 Å². The first-order valence-electron chi connectivity index (χ1n) is 10.1. The molecule has 4 rings (SSSR count). The van der Waals surface area contributed by atoms with Gasteiger partial charge in [0.1, 0.15) is 0 Å². The van der Waals surface area contributed by atoms with Gasteiger partial charge in [0.25, 0.3) is 0 Å². The minimum Gasteiger partial charge on any atom is -0.317 e. The largest absolute Gasteiger partial charge is 0.317 e. The molecule has 2 atom stereocenters. The SMILES string of the molecule is C=N/C=C\C=C(/C)c1ccc2c(c1)C1(CC2)CC1NCC1CCNCC1. The maximum absolute atomic E-state index is 3.92. The van der Waals surface area contributed by atoms with Crippen molar-refractivity contribution in [1.29, 1.82) is 0 Å². The quantitative estimate of drug-likeness (QED) is 0.604. The van der Waals surface area contributed by atoms with E-state index < -0.39 is 0 Å². The van der Waals surface area contributed by atoms with E-state index in [0.717, 1.165) is 5.92 Å². The summed E-state index contributed by atoms with van der Waals surface area (Å²) in [7, 11) is 0. The van der Waals surface area contributed by atoms with Crippen LogP contribution in [0.3, 0.4) is 0 Å². The number of allylic oxidation sites excluding steroid dienone is 3. The van der Waals surface area contributed by atoms with E-state index in [1.54, 1.807) is 17.3 Å². The Balaban J connectivity index is 1.45. The minimum absolute atomic E-state index is 0.414. The van der Waals surface area contributed by atoms with E-state index in [0.29, 0.717) is 11.5 Å². The number of fused-ring (bicyclic) bond motifs is 2. The summed E-state index contributed by atoms with van der Waals surface area (Å²) in [6.07, 6.45) is 12.3. The third kappa shape index (κ3) is 3.43. The van der Waals surface area contributed by atoms with Crippen molar-refractivity contribution in [2.75, 3.05) is 19.6 Å². The highest BCUT2D eigenvalue weighted by Gasteiger charge is 2.57. The van der Waals surface area contributed by atoms with E-state index in [1.165, 1.54) is 62.9 Å². The van der Waals surface area contributed by atoms with Crippen molar-refractivity contribution in [3.8, 4) is 0 Å². The number of hydrogen-bond donors (Lipinski definition) is 2. The number of rotatable bonds is 6. The van der Waals surface area contributed by atoms with Gasteiger partial charge < -0.3 is 10.6 Å². The van der Waals surface area contributed by atoms with E-state index in [9.17, 15) is 0 Å². The number of benzene rings is 1. The number of nitrogens with zero attached hydrogens (tertiary/aromatic N) is 1. The van der Waals surface area contributed by atoms with Gasteiger partial charge in [-0.25, -0.2) is 0 Å². The molecule has 1 aromatic carbocycles. The van der Waals surface area contributed by atoms with Gasteiger partial charge in [-0.05, 0) is 99.6 Å². The lowest BCUT2D eigenvalue weighted by molar-refractivity contribution is 0.351. The van der Waals surface area contributed by atoms with Crippen LogP contribution in [0.4, 0.5) is 0 Å². The molecule has 26 heavy (non-hydrogen) atoms. The van der Waals surface area contributed by atoms with Gasteiger partial charge >= 0.3 is 0 Å². The highest BCUT2D eigenvalue weighted by molar-refractivity contribution is 5.67. The van der Waals surface area contributed by atoms with Crippen LogP contribution < -0.4 is 10.6 Å². The van der Waals surface area contributed by atoms with Crippen molar-refractivity contribution in [2.24, 2.45) is 10.9 Å². The van der Waals surface area contributed by atoms with Gasteiger partial charge in [0, 0.05) is 17.7 Å². The normalized spacial score (nSPS) is 28.7. The maximum Gasteiger partial charge on any atom is 0.0260 e. The maximum atomic E-state index is 3.92. The molecule has 0 bridgehead atoms. The smallest absolute Gasteiger partial charge is 0.0260 e. The van der Waals surface area contributed by atoms with Crippen molar-refractivity contribution in [1.82, 2.24) is 10.6 Å². The van der Waals surface area contributed by atoms with Gasteiger partial charge in [-0.1, -0.05) is 24.3 Å². The lowest BCUT2D eigenvalue weighted by atomic mass is 9.93. The van der Waals surface area contributed by atoms with Crippen molar-refractivity contribution < 1.29 is 0 Å². The third-order valence-electron chi connectivity index (χ3n) is 6.67. The molecule has 0 aromatic heterocycles. The Hall–Kier alpha value is -1.71. The molecule has 3 heteroatoms. The molecule has 1 saturated heterocycles. The Bertz CT molecular complexity index is 727. The van der Waals surface area contributed by atoms with Crippen LogP contribution >= 0.6 is 0 Å². The highest BCUT2D eigenvalue weighted by atomic mass is 15.0. The zero-order chi connectivity index (χ0) is 18.0. The van der Waals surface area contributed by atoms with Crippen molar-refractivity contribution in [3.63, 3.8) is 0 Å². The zero-order valence-electron chi connectivity index (χ0n) is 15.9. The minimum atomic E-state index is 0.414. The van der Waals surface area contributed by atoms with Gasteiger partial charge in [-0.3, -0.25) is 4.99 Å². The lowest BCUT2D eigenvalue weighted by Crippen LogP contribution is -2.35. The summed E-state index contributed by atoms with van der Waals surface area (Å²) < 4.78 is 0. The predicted octanol–water partition coefficient (Wildman–Crippen LogP) is 3.85. The molecule has 0 radical (unpaired) electrons. The van der Waals surface area contributed by atoms with Crippen LogP contribution in [0.2, 0.25) is 0 Å². The monoisotopic (exact) mass is 349 g/mol. The van der Waals surface area contributed by atoms with E-state index in [2.05, 4.69) is 53.5 Å². The van der Waals surface area contributed by atoms with E-state index in [-0.39, 0.29) is 0 Å². The van der Waals surface area contributed by atoms with Gasteiger partial charge in [0.05, 0.1) is 0 Å². The molecule has 2 N–H and O–H groups in total. The summed E-state index contributed by atoms with van der Waals surface area (Å²) in [4.78, 5) is 3.77. The molecule has 1 aliphatic heterocycles. The van der Waals surface area contributed by atoms with E-state index in [4.69, 9.17) is 0 Å². The van der Waals surface area contributed by atoms with Crippen LogP contribution in [0.1, 0.15) is 49.3 Å². The first kappa shape index (κ1) is 17.7. The molecule has 1 aromatic rings. The average molecular weight is 350 g/mol. The first-order chi connectivity index (χ1) is 12.7. The van der Waals surface area contributed by atoms with Crippen molar-refractivity contribution in [3.05, 3.63) is 53.2 Å². The summed E-state index contributed by atoms with van der Waals surface area (Å²) in [6.45, 7) is 9.24. The molecular weight excluding hydrogens is 318 g/mol. The summed E-state index contributed by atoms with van der Waals surface area (Å²) in [5.41, 5.74) is 6.21. The molecule has 1 spiro atoms. The average Bonchev–Trinajstić information content (AvgIpc) is 3.27. The summed E-state index contributed by atoms with van der Waals surface area (Å²) in [5, 5.41) is 7.39. The van der Waals surface area contributed by atoms with Crippen LogP contribution in [0.25, 0.3) is 5.57 Å². The fraction of sp³-hybridized carbons (Fsp3) is 0.522. The Labute approximate surface area is 157 Å². The van der Waals surface area contributed by atoms with Crippen LogP contribution in [0, 0.1) is 5.92 Å². The molecule has 2 fully saturated rings. The molecule has 3 nitrogen and oxygen atoms in total. The molecular formula is C23H31N3. The fourth-order valence-corrected chi connectivity index (χ4v) is 4.88. The van der Waals surface area contributed by atoms with Crippen molar-refractivity contribution in [2.45, 2.75) is 50.5 Å². The van der Waals surface area contributed by atoms with Crippen LogP contribution in [-0.2, 0) is 11.8 Å². The van der Waals surface area contributed by atoms with E-state index in [1.807, 2.05) is 6.08 Å². The fourth-order valence-electron chi connectivity index (χ4n) is 4.88. The Morgan fingerprint density at radius 3 is 3.04 bits per heavy atom. The number of hydrogen-bond acceptors (Lipinski definition) is 3. The highest BCUT2D eigenvalue weighted by Crippen LogP contribution is 2.57. The standard InChI is InChI=1S/C23H31N3/c1-17(4-3-11-24-2)20-6-5-19-7-10-23(21(19)14-20)15-22(23)26-16-18-8-12-25-13-9-18/h3-6,11,14,18,22,25-26H,2,7-10,12-13,15-16H2,1H3/b11-3-,17-4+. The first-order valence-corrected chi connectivity index (χ1v) is 10.1. The molecule has 1 saturated carbocycles. The second-order valence-corrected chi connectivity index (χ2v) is 8.26. The molecule has 0 amide bonds. The number of piperidine rings is 1. The second-order valence-electron chi connectivity index (χ2n) is 8.26. The molecule has 2 aliphatic carbocycles. The topological polar surface area (TPSA) is 36.4 Å². The summed E-state index contributed by atoms with van der Waals surface area (Å²) >= 11 is 0. The lowest BCUT2D eigenvalue weighted by Gasteiger charge is -2.23. The Morgan fingerprint density at radius 1 is 1.38 bits per heavy atom. The van der Waals surface area contributed by atoms with Gasteiger partial charge in [-0.15, -0.1) is 0 Å². The Morgan fingerprint density at radius 2 is 2.23 bits per heavy atom. The number of nitrogens with one attached hydrogen (secondary N) is 2. The predicted molar refractivity (Wildman–Crippen MR) is 111 cm³/mol. The summed E-state index contributed by atoms with van der Waals surface area (Å²) in [6, 6.07) is 7.77. The number of aliphatic imine (C=N–C) groups is 1. The third-order valence-corrected chi connectivity index (χ3v) is 6.67. The molecule has 1 heterocycles. The van der Waals surface area contributed by atoms with Crippen LogP contribution in [-0.4, -0.2) is 32.4 Å². The van der Waals surface area contributed by atoms with Gasteiger partial charge in [-0.2, -0.15) is 0 Å². The molecule has 138 valence electrons. The molecule has 2 unspecified atom stereocenters. The van der Waals surface area contributed by atoms with E-state index >= 15 is 0 Å².